The van der Waals surface area contributed by atoms with E-state index in [-0.39, 0.29) is 11.7 Å². The van der Waals surface area contributed by atoms with E-state index in [1.165, 1.54) is 0 Å². The van der Waals surface area contributed by atoms with Crippen LogP contribution in [-0.2, 0) is 0 Å². The number of halogens is 3. The zero-order chi connectivity index (χ0) is 10.3. The summed E-state index contributed by atoms with van der Waals surface area (Å²) in [4.78, 5) is 0. The van der Waals surface area contributed by atoms with Gasteiger partial charge in [0.1, 0.15) is 5.82 Å². The molecule has 76 valence electrons. The van der Waals surface area contributed by atoms with Crippen molar-refractivity contribution in [3.8, 4) is 0 Å². The molecule has 0 saturated carbocycles. The Hall–Kier alpha value is -0.130. The number of nitrogen functional groups attached to an aromatic ring is 1. The predicted molar refractivity (Wildman–Crippen MR) is 61.8 cm³/mol. The number of hydrogen-bond acceptors (Lipinski definition) is 2. The zero-order valence-electron chi connectivity index (χ0n) is 7.28. The molecule has 2 rings (SSSR count). The van der Waals surface area contributed by atoms with Gasteiger partial charge < -0.3 is 11.1 Å². The molecule has 1 aliphatic rings. The Balaban J connectivity index is 2.54. The molecule has 1 aromatic rings. The third kappa shape index (κ3) is 1.57. The Morgan fingerprint density at radius 2 is 2.00 bits per heavy atom. The molecule has 1 saturated heterocycles. The van der Waals surface area contributed by atoms with E-state index in [2.05, 4.69) is 37.2 Å². The van der Waals surface area contributed by atoms with Crippen LogP contribution in [0.5, 0.6) is 0 Å². The smallest absolute Gasteiger partial charge is 0.143 e. The third-order valence-electron chi connectivity index (χ3n) is 2.44. The topological polar surface area (TPSA) is 38.0 Å². The molecular formula is C9H9Br2FN2. The van der Waals surface area contributed by atoms with E-state index in [0.29, 0.717) is 15.7 Å². The summed E-state index contributed by atoms with van der Waals surface area (Å²) in [5.41, 5.74) is 6.95. The van der Waals surface area contributed by atoms with Crippen LogP contribution in [0.4, 0.5) is 10.1 Å². The molecule has 0 spiro atoms. The van der Waals surface area contributed by atoms with Crippen LogP contribution >= 0.6 is 31.9 Å². The number of nitrogens with two attached hydrogens (primary N) is 1. The average Bonchev–Trinajstić information content (AvgIpc) is 2.06. The van der Waals surface area contributed by atoms with Crippen molar-refractivity contribution < 1.29 is 4.39 Å². The fraction of sp³-hybridized carbons (Fsp3) is 0.333. The number of rotatable bonds is 1. The summed E-state index contributed by atoms with van der Waals surface area (Å²) >= 11 is 6.48. The monoisotopic (exact) mass is 322 g/mol. The lowest BCUT2D eigenvalue weighted by molar-refractivity contribution is 0.431. The van der Waals surface area contributed by atoms with Gasteiger partial charge in [-0.05, 0) is 37.9 Å². The number of anilines is 1. The summed E-state index contributed by atoms with van der Waals surface area (Å²) in [5.74, 6) is -0.0407. The second kappa shape index (κ2) is 3.79. The van der Waals surface area contributed by atoms with Crippen LogP contribution in [0.3, 0.4) is 0 Å². The SMILES string of the molecule is Nc1c(Br)cc(Br)c(F)c1C1CNC1. The molecule has 0 amide bonds. The minimum absolute atomic E-state index is 0.198. The molecule has 1 aromatic carbocycles. The van der Waals surface area contributed by atoms with Crippen LogP contribution in [0.25, 0.3) is 0 Å². The van der Waals surface area contributed by atoms with E-state index >= 15 is 0 Å². The number of hydrogen-bond donors (Lipinski definition) is 2. The molecule has 0 radical (unpaired) electrons. The molecule has 0 bridgehead atoms. The van der Waals surface area contributed by atoms with E-state index in [9.17, 15) is 4.39 Å². The van der Waals surface area contributed by atoms with Crippen LogP contribution < -0.4 is 11.1 Å². The largest absolute Gasteiger partial charge is 0.397 e. The molecule has 1 heterocycles. The van der Waals surface area contributed by atoms with Gasteiger partial charge >= 0.3 is 0 Å². The van der Waals surface area contributed by atoms with E-state index in [1.54, 1.807) is 6.07 Å². The van der Waals surface area contributed by atoms with Crippen LogP contribution in [0, 0.1) is 5.82 Å². The van der Waals surface area contributed by atoms with Crippen molar-refractivity contribution in [2.24, 2.45) is 0 Å². The second-order valence-corrected chi connectivity index (χ2v) is 5.05. The summed E-state index contributed by atoms with van der Waals surface area (Å²) in [5, 5.41) is 3.10. The van der Waals surface area contributed by atoms with E-state index in [1.807, 2.05) is 0 Å². The van der Waals surface area contributed by atoms with Gasteiger partial charge in [0.2, 0.25) is 0 Å². The fourth-order valence-electron chi connectivity index (χ4n) is 1.52. The highest BCUT2D eigenvalue weighted by Gasteiger charge is 2.26. The van der Waals surface area contributed by atoms with Crippen molar-refractivity contribution in [2.75, 3.05) is 18.8 Å². The number of nitrogens with one attached hydrogen (secondary N) is 1. The first-order valence-electron chi connectivity index (χ1n) is 4.25. The van der Waals surface area contributed by atoms with Crippen molar-refractivity contribution in [1.29, 1.82) is 0 Å². The summed E-state index contributed by atoms with van der Waals surface area (Å²) in [6.45, 7) is 1.59. The summed E-state index contributed by atoms with van der Waals surface area (Å²) in [6.07, 6.45) is 0. The number of benzene rings is 1. The Kier molecular flexibility index (Phi) is 2.81. The first-order valence-corrected chi connectivity index (χ1v) is 5.83. The molecule has 1 fully saturated rings. The normalized spacial score (nSPS) is 16.8. The Bertz CT molecular complexity index is 351. The lowest BCUT2D eigenvalue weighted by Gasteiger charge is -2.29. The molecule has 0 aliphatic carbocycles. The summed E-state index contributed by atoms with van der Waals surface area (Å²) < 4.78 is 14.9. The van der Waals surface area contributed by atoms with Crippen molar-refractivity contribution in [1.82, 2.24) is 5.32 Å². The second-order valence-electron chi connectivity index (χ2n) is 3.34. The highest BCUT2D eigenvalue weighted by atomic mass is 79.9. The molecule has 5 heteroatoms. The van der Waals surface area contributed by atoms with E-state index in [4.69, 9.17) is 5.73 Å². The Labute approximate surface area is 98.3 Å². The van der Waals surface area contributed by atoms with Crippen LogP contribution in [0.2, 0.25) is 0 Å². The lowest BCUT2D eigenvalue weighted by Crippen LogP contribution is -2.40. The average molecular weight is 324 g/mol. The van der Waals surface area contributed by atoms with Crippen molar-refractivity contribution >= 4 is 37.5 Å². The fourth-order valence-corrected chi connectivity index (χ4v) is 2.71. The van der Waals surface area contributed by atoms with Gasteiger partial charge in [0.25, 0.3) is 0 Å². The quantitative estimate of drug-likeness (QED) is 0.616. The van der Waals surface area contributed by atoms with Gasteiger partial charge in [-0.1, -0.05) is 0 Å². The summed E-state index contributed by atoms with van der Waals surface area (Å²) in [7, 11) is 0. The molecule has 14 heavy (non-hydrogen) atoms. The third-order valence-corrected chi connectivity index (χ3v) is 3.67. The Morgan fingerprint density at radius 3 is 2.50 bits per heavy atom. The highest BCUT2D eigenvalue weighted by molar-refractivity contribution is 9.11. The highest BCUT2D eigenvalue weighted by Crippen LogP contribution is 2.37. The van der Waals surface area contributed by atoms with E-state index in [0.717, 1.165) is 17.6 Å². The van der Waals surface area contributed by atoms with Gasteiger partial charge in [-0.2, -0.15) is 0 Å². The summed E-state index contributed by atoms with van der Waals surface area (Å²) in [6, 6.07) is 1.64. The van der Waals surface area contributed by atoms with Crippen molar-refractivity contribution in [3.63, 3.8) is 0 Å². The van der Waals surface area contributed by atoms with E-state index < -0.39 is 0 Å². The van der Waals surface area contributed by atoms with Crippen molar-refractivity contribution in [3.05, 3.63) is 26.4 Å². The zero-order valence-corrected chi connectivity index (χ0v) is 10.5. The first-order chi connectivity index (χ1) is 6.61. The maximum atomic E-state index is 13.7. The van der Waals surface area contributed by atoms with Crippen LogP contribution in [-0.4, -0.2) is 13.1 Å². The van der Waals surface area contributed by atoms with Gasteiger partial charge in [-0.3, -0.25) is 0 Å². The Morgan fingerprint density at radius 1 is 1.36 bits per heavy atom. The van der Waals surface area contributed by atoms with Gasteiger partial charge in [-0.15, -0.1) is 0 Å². The maximum Gasteiger partial charge on any atom is 0.143 e. The van der Waals surface area contributed by atoms with Gasteiger partial charge in [0.15, 0.2) is 0 Å². The first kappa shape index (κ1) is 10.4. The standard InChI is InChI=1S/C9H9Br2FN2/c10-5-1-6(11)9(13)7(8(5)12)4-2-14-3-4/h1,4,14H,2-3,13H2. The lowest BCUT2D eigenvalue weighted by atomic mass is 9.92. The molecular weight excluding hydrogens is 315 g/mol. The van der Waals surface area contributed by atoms with Gasteiger partial charge in [-0.25, -0.2) is 4.39 Å². The van der Waals surface area contributed by atoms with Crippen LogP contribution in [0.15, 0.2) is 15.0 Å². The van der Waals surface area contributed by atoms with Crippen molar-refractivity contribution in [2.45, 2.75) is 5.92 Å². The minimum Gasteiger partial charge on any atom is -0.397 e. The van der Waals surface area contributed by atoms with Crippen LogP contribution in [0.1, 0.15) is 11.5 Å². The predicted octanol–water partition coefficient (Wildman–Crippen LogP) is 2.62. The minimum atomic E-state index is -0.239. The molecule has 0 atom stereocenters. The molecule has 1 aliphatic heterocycles. The molecule has 2 nitrogen and oxygen atoms in total. The van der Waals surface area contributed by atoms with Gasteiger partial charge in [0, 0.05) is 29.0 Å². The molecule has 0 unspecified atom stereocenters. The maximum absolute atomic E-state index is 13.7. The molecule has 0 aromatic heterocycles. The molecule has 3 N–H and O–H groups in total. The van der Waals surface area contributed by atoms with Gasteiger partial charge in [0.05, 0.1) is 10.2 Å².